The van der Waals surface area contributed by atoms with Gasteiger partial charge in [-0.2, -0.15) is 0 Å². The Kier molecular flexibility index (Phi) is 2.85. The van der Waals surface area contributed by atoms with Crippen molar-refractivity contribution in [2.75, 3.05) is 25.0 Å². The predicted molar refractivity (Wildman–Crippen MR) is 85.6 cm³/mol. The van der Waals surface area contributed by atoms with Crippen molar-refractivity contribution in [1.29, 1.82) is 0 Å². The van der Waals surface area contributed by atoms with E-state index in [9.17, 15) is 14.0 Å². The molecule has 0 saturated carbocycles. The molecule has 8 heteroatoms. The summed E-state index contributed by atoms with van der Waals surface area (Å²) < 4.78 is 16.9. The predicted octanol–water partition coefficient (Wildman–Crippen LogP) is 0.978. The third-order valence-electron chi connectivity index (χ3n) is 4.14. The van der Waals surface area contributed by atoms with Crippen LogP contribution < -0.4 is 21.2 Å². The number of halogens is 1. The van der Waals surface area contributed by atoms with Crippen molar-refractivity contribution in [2.24, 2.45) is 0 Å². The zero-order chi connectivity index (χ0) is 15.4. The lowest BCUT2D eigenvalue weighted by Crippen LogP contribution is -2.57. The maximum atomic E-state index is 14.3. The van der Waals surface area contributed by atoms with Gasteiger partial charge in [0.05, 0.1) is 11.2 Å². The van der Waals surface area contributed by atoms with Crippen LogP contribution in [0.25, 0.3) is 21.1 Å². The van der Waals surface area contributed by atoms with Gasteiger partial charge >= 0.3 is 0 Å². The average molecular weight is 320 g/mol. The first-order chi connectivity index (χ1) is 10.6. The van der Waals surface area contributed by atoms with Crippen molar-refractivity contribution in [3.63, 3.8) is 0 Å². The van der Waals surface area contributed by atoms with E-state index < -0.39 is 16.8 Å². The van der Waals surface area contributed by atoms with Crippen LogP contribution >= 0.6 is 11.5 Å². The lowest BCUT2D eigenvalue weighted by atomic mass is 10.1. The van der Waals surface area contributed by atoms with Gasteiger partial charge in [-0.15, -0.1) is 0 Å². The standard InChI is InChI=1S/C14H13FN4O2S/c1-16-6-4-19(5-6)10-3-9-7(2-8(10)15)12(20)11-13(21)18-22-14(11)17-9/h2-3,6,16H,4-5H2,1H3,(H,17,20)(H,18,21). The Labute approximate surface area is 127 Å². The summed E-state index contributed by atoms with van der Waals surface area (Å²) in [4.78, 5) is 29.5. The molecule has 3 N–H and O–H groups in total. The molecule has 1 aromatic carbocycles. The molecule has 114 valence electrons. The Balaban J connectivity index is 1.92. The summed E-state index contributed by atoms with van der Waals surface area (Å²) in [5.74, 6) is -0.446. The largest absolute Gasteiger partial charge is 0.366 e. The minimum absolute atomic E-state index is 0.0591. The van der Waals surface area contributed by atoms with Crippen LogP contribution in [-0.4, -0.2) is 35.5 Å². The van der Waals surface area contributed by atoms with E-state index in [0.717, 1.165) is 24.6 Å². The molecular formula is C14H13FN4O2S. The van der Waals surface area contributed by atoms with Gasteiger partial charge in [0.15, 0.2) is 0 Å². The first-order valence-electron chi connectivity index (χ1n) is 6.87. The van der Waals surface area contributed by atoms with Crippen LogP contribution in [0.3, 0.4) is 0 Å². The second-order valence-electron chi connectivity index (χ2n) is 5.43. The lowest BCUT2D eigenvalue weighted by molar-refractivity contribution is 0.444. The number of hydrogen-bond donors (Lipinski definition) is 3. The highest BCUT2D eigenvalue weighted by molar-refractivity contribution is 7.12. The molecule has 3 heterocycles. The first-order valence-corrected chi connectivity index (χ1v) is 7.69. The summed E-state index contributed by atoms with van der Waals surface area (Å²) in [6, 6.07) is 3.21. The number of nitrogens with zero attached hydrogens (tertiary/aromatic N) is 1. The highest BCUT2D eigenvalue weighted by Crippen LogP contribution is 2.28. The van der Waals surface area contributed by atoms with Gasteiger partial charge in [0.25, 0.3) is 5.56 Å². The molecule has 0 radical (unpaired) electrons. The van der Waals surface area contributed by atoms with Crippen LogP contribution in [0.2, 0.25) is 0 Å². The molecule has 2 aromatic heterocycles. The molecule has 0 spiro atoms. The number of likely N-dealkylation sites (N-methyl/N-ethyl adjacent to an activating group) is 1. The van der Waals surface area contributed by atoms with Crippen molar-refractivity contribution in [3.05, 3.63) is 38.5 Å². The van der Waals surface area contributed by atoms with Gasteiger partial charge in [-0.25, -0.2) is 4.39 Å². The Morgan fingerprint density at radius 2 is 2.14 bits per heavy atom. The van der Waals surface area contributed by atoms with E-state index >= 15 is 0 Å². The maximum Gasteiger partial charge on any atom is 0.271 e. The van der Waals surface area contributed by atoms with E-state index in [1.807, 2.05) is 11.9 Å². The minimum atomic E-state index is -0.446. The Bertz CT molecular complexity index is 1000. The highest BCUT2D eigenvalue weighted by atomic mass is 32.1. The minimum Gasteiger partial charge on any atom is -0.366 e. The molecule has 0 aliphatic carbocycles. The summed E-state index contributed by atoms with van der Waals surface area (Å²) >= 11 is 1.07. The van der Waals surface area contributed by atoms with E-state index in [2.05, 4.69) is 14.7 Å². The Morgan fingerprint density at radius 3 is 2.86 bits per heavy atom. The Morgan fingerprint density at radius 1 is 1.36 bits per heavy atom. The van der Waals surface area contributed by atoms with Gasteiger partial charge in [0, 0.05) is 24.5 Å². The molecule has 1 fully saturated rings. The van der Waals surface area contributed by atoms with Crippen LogP contribution in [-0.2, 0) is 0 Å². The highest BCUT2D eigenvalue weighted by Gasteiger charge is 2.28. The maximum absolute atomic E-state index is 14.3. The second-order valence-corrected chi connectivity index (χ2v) is 6.25. The van der Waals surface area contributed by atoms with E-state index in [1.165, 1.54) is 6.07 Å². The summed E-state index contributed by atoms with van der Waals surface area (Å²) in [5, 5.41) is 3.39. The molecule has 0 amide bonds. The van der Waals surface area contributed by atoms with Gasteiger partial charge in [-0.05, 0) is 30.7 Å². The van der Waals surface area contributed by atoms with Crippen molar-refractivity contribution < 1.29 is 4.39 Å². The van der Waals surface area contributed by atoms with Crippen LogP contribution in [0.4, 0.5) is 10.1 Å². The number of benzene rings is 1. The van der Waals surface area contributed by atoms with Gasteiger partial charge in [0.1, 0.15) is 16.0 Å². The van der Waals surface area contributed by atoms with Crippen molar-refractivity contribution in [2.45, 2.75) is 6.04 Å². The van der Waals surface area contributed by atoms with Crippen LogP contribution in [0, 0.1) is 5.82 Å². The number of aromatic nitrogens is 2. The molecule has 0 bridgehead atoms. The van der Waals surface area contributed by atoms with Crippen molar-refractivity contribution in [3.8, 4) is 0 Å². The number of H-pyrrole nitrogens is 2. The van der Waals surface area contributed by atoms with Crippen molar-refractivity contribution >= 4 is 38.3 Å². The average Bonchev–Trinajstić information content (AvgIpc) is 2.81. The first kappa shape index (κ1) is 13.5. The summed E-state index contributed by atoms with van der Waals surface area (Å²) in [5.41, 5.74) is 0.134. The molecular weight excluding hydrogens is 307 g/mol. The molecule has 6 nitrogen and oxygen atoms in total. The van der Waals surface area contributed by atoms with Crippen LogP contribution in [0.15, 0.2) is 21.7 Å². The van der Waals surface area contributed by atoms with E-state index in [1.54, 1.807) is 6.07 Å². The third kappa shape index (κ3) is 1.80. The number of rotatable bonds is 2. The molecule has 1 saturated heterocycles. The summed E-state index contributed by atoms with van der Waals surface area (Å²) in [7, 11) is 1.88. The topological polar surface area (TPSA) is 81.0 Å². The number of nitrogens with one attached hydrogen (secondary N) is 3. The zero-order valence-corrected chi connectivity index (χ0v) is 12.5. The number of aromatic amines is 2. The molecule has 0 unspecified atom stereocenters. The molecule has 4 rings (SSSR count). The normalized spacial score (nSPS) is 15.6. The van der Waals surface area contributed by atoms with Gasteiger partial charge in [-0.3, -0.25) is 14.0 Å². The monoisotopic (exact) mass is 320 g/mol. The van der Waals surface area contributed by atoms with E-state index in [-0.39, 0.29) is 10.8 Å². The fourth-order valence-electron chi connectivity index (χ4n) is 2.81. The quantitative estimate of drug-likeness (QED) is 0.657. The summed E-state index contributed by atoms with van der Waals surface area (Å²) in [6.45, 7) is 1.45. The van der Waals surface area contributed by atoms with Crippen LogP contribution in [0.1, 0.15) is 0 Å². The fraction of sp³-hybridized carbons (Fsp3) is 0.286. The number of pyridine rings is 1. The number of hydrogen-bond acceptors (Lipinski definition) is 5. The van der Waals surface area contributed by atoms with Gasteiger partial charge in [-0.1, -0.05) is 0 Å². The lowest BCUT2D eigenvalue weighted by Gasteiger charge is -2.41. The van der Waals surface area contributed by atoms with E-state index in [0.29, 0.717) is 22.1 Å². The number of fused-ring (bicyclic) bond motifs is 2. The third-order valence-corrected chi connectivity index (χ3v) is 4.94. The van der Waals surface area contributed by atoms with Gasteiger partial charge < -0.3 is 15.2 Å². The SMILES string of the molecule is CNC1CN(c2cc3[nH]c4s[nH]c(=O)c4c(=O)c3cc2F)C1. The molecule has 22 heavy (non-hydrogen) atoms. The summed E-state index contributed by atoms with van der Waals surface area (Å²) in [6.07, 6.45) is 0. The van der Waals surface area contributed by atoms with Crippen molar-refractivity contribution in [1.82, 2.24) is 14.7 Å². The van der Waals surface area contributed by atoms with E-state index in [4.69, 9.17) is 0 Å². The van der Waals surface area contributed by atoms with Gasteiger partial charge in [0.2, 0.25) is 5.43 Å². The number of anilines is 1. The molecule has 1 aliphatic rings. The second kappa shape index (κ2) is 4.65. The zero-order valence-electron chi connectivity index (χ0n) is 11.7. The molecule has 3 aromatic rings. The fourth-order valence-corrected chi connectivity index (χ4v) is 3.55. The molecule has 0 atom stereocenters. The Hall–Kier alpha value is -2.19. The molecule has 1 aliphatic heterocycles. The van der Waals surface area contributed by atoms with Crippen LogP contribution in [0.5, 0.6) is 0 Å². The smallest absolute Gasteiger partial charge is 0.271 e.